The summed E-state index contributed by atoms with van der Waals surface area (Å²) in [6, 6.07) is 18.8. The first-order chi connectivity index (χ1) is 24.6. The number of nitrogens with two attached hydrogens (primary N) is 1. The van der Waals surface area contributed by atoms with Crippen LogP contribution in [-0.4, -0.2) is 48.5 Å². The maximum Gasteiger partial charge on any atom is 0.233 e. The van der Waals surface area contributed by atoms with Gasteiger partial charge in [0, 0.05) is 12.1 Å². The van der Waals surface area contributed by atoms with Crippen molar-refractivity contribution in [1.82, 2.24) is 19.9 Å². The molecule has 2 aromatic carbocycles. The Morgan fingerprint density at radius 3 is 2.33 bits per heavy atom. The number of carbonyl (C=O) groups is 1. The van der Waals surface area contributed by atoms with Gasteiger partial charge in [0.05, 0.1) is 47.1 Å². The van der Waals surface area contributed by atoms with Gasteiger partial charge >= 0.3 is 0 Å². The van der Waals surface area contributed by atoms with Crippen LogP contribution in [0.2, 0.25) is 0 Å². The van der Waals surface area contributed by atoms with Gasteiger partial charge in [-0.1, -0.05) is 46.9 Å². The van der Waals surface area contributed by atoms with Crippen LogP contribution < -0.4 is 25.8 Å². The van der Waals surface area contributed by atoms with Gasteiger partial charge in [0.2, 0.25) is 27.5 Å². The van der Waals surface area contributed by atoms with Crippen molar-refractivity contribution in [1.29, 1.82) is 0 Å². The third kappa shape index (κ3) is 7.20. The Kier molecular flexibility index (Phi) is 9.54. The molecule has 1 aliphatic heterocycles. The zero-order chi connectivity index (χ0) is 35.7. The number of anilines is 4. The van der Waals surface area contributed by atoms with Crippen LogP contribution in [0.5, 0.6) is 11.8 Å². The Balaban J connectivity index is 0.000000285. The van der Waals surface area contributed by atoms with Gasteiger partial charge in [-0.2, -0.15) is 0 Å². The first-order valence-corrected chi connectivity index (χ1v) is 19.0. The third-order valence-corrected chi connectivity index (χ3v) is 12.2. The minimum atomic E-state index is -3.70. The molecule has 0 spiro atoms. The molecule has 2 unspecified atom stereocenters. The van der Waals surface area contributed by atoms with E-state index in [9.17, 15) is 17.6 Å². The van der Waals surface area contributed by atoms with E-state index in [4.69, 9.17) is 15.2 Å². The molecule has 4 aromatic heterocycles. The number of rotatable bonds is 7. The zero-order valence-corrected chi connectivity index (χ0v) is 29.9. The standard InChI is InChI=1S/C28H25FN4O4S2.C7H7N3OS/c1-37-25-13-11-21-27(32-25)38-28(31-21)33-26(34)19(14-16-6-9-18(29)10-7-16)17-8-12-24-22(15-17)30-20-4-2-3-5-23(20)39(24,35)36;1-11-5-3-2-4-6(10-5)12-7(8)9-4/h2-5,8-9,11-13,15-16,19,30H,6-7,10,14H2,1H3,(H,31,33,34);2-3H,1H3,(H2,8,9). The molecule has 0 fully saturated rings. The summed E-state index contributed by atoms with van der Waals surface area (Å²) in [5, 5.41) is 7.09. The fraction of sp³-hybridized carbons (Fsp3) is 0.229. The number of pyridine rings is 2. The number of ether oxygens (including phenoxy) is 2. The number of thiazole rings is 2. The number of hydrogen-bond donors (Lipinski definition) is 3. The van der Waals surface area contributed by atoms with Crippen molar-refractivity contribution in [2.24, 2.45) is 5.92 Å². The highest BCUT2D eigenvalue weighted by molar-refractivity contribution is 7.92. The van der Waals surface area contributed by atoms with Gasteiger partial charge in [-0.25, -0.2) is 32.7 Å². The molecule has 12 nitrogen and oxygen atoms in total. The average Bonchev–Trinajstić information content (AvgIpc) is 3.72. The van der Waals surface area contributed by atoms with Crippen molar-refractivity contribution >= 4 is 80.8 Å². The molecule has 1 aliphatic carbocycles. The van der Waals surface area contributed by atoms with E-state index in [-0.39, 0.29) is 27.4 Å². The fourth-order valence-corrected chi connectivity index (χ4v) is 9.13. The molecule has 4 N–H and O–H groups in total. The molecule has 6 aromatic rings. The number of halogens is 1. The van der Waals surface area contributed by atoms with Crippen molar-refractivity contribution in [2.45, 2.75) is 41.4 Å². The number of aromatic nitrogens is 4. The van der Waals surface area contributed by atoms with E-state index in [1.54, 1.807) is 73.8 Å². The predicted octanol–water partition coefficient (Wildman–Crippen LogP) is 7.64. The van der Waals surface area contributed by atoms with E-state index in [0.29, 0.717) is 75.0 Å². The lowest BCUT2D eigenvalue weighted by atomic mass is 9.82. The summed E-state index contributed by atoms with van der Waals surface area (Å²) in [7, 11) is -0.589. The normalized spacial score (nSPS) is 16.5. The number of methoxy groups -OCH3 is 2. The number of allylic oxidation sites excluding steroid dienone is 2. The van der Waals surface area contributed by atoms with E-state index in [1.807, 2.05) is 6.07 Å². The second-order valence-electron chi connectivity index (χ2n) is 11.9. The molecule has 1 amide bonds. The van der Waals surface area contributed by atoms with Crippen LogP contribution in [-0.2, 0) is 14.6 Å². The summed E-state index contributed by atoms with van der Waals surface area (Å²) < 4.78 is 50.3. The summed E-state index contributed by atoms with van der Waals surface area (Å²) in [4.78, 5) is 32.7. The number of nitrogen functional groups attached to an aromatic ring is 1. The highest BCUT2D eigenvalue weighted by Crippen LogP contribution is 2.42. The summed E-state index contributed by atoms with van der Waals surface area (Å²) >= 11 is 2.60. The van der Waals surface area contributed by atoms with Gasteiger partial charge < -0.3 is 25.8 Å². The quantitative estimate of drug-likeness (QED) is 0.146. The van der Waals surface area contributed by atoms with E-state index >= 15 is 0 Å². The number of nitrogens with one attached hydrogen (secondary N) is 2. The fourth-order valence-electron chi connectivity index (χ4n) is 6.05. The molecule has 262 valence electrons. The Morgan fingerprint density at radius 1 is 0.941 bits per heavy atom. The van der Waals surface area contributed by atoms with Crippen molar-refractivity contribution in [2.75, 3.05) is 30.6 Å². The van der Waals surface area contributed by atoms with Gasteiger partial charge in [0.15, 0.2) is 10.3 Å². The Morgan fingerprint density at radius 2 is 1.63 bits per heavy atom. The van der Waals surface area contributed by atoms with Crippen LogP contribution in [0.3, 0.4) is 0 Å². The van der Waals surface area contributed by atoms with Crippen LogP contribution >= 0.6 is 22.7 Å². The van der Waals surface area contributed by atoms with Crippen molar-refractivity contribution in [3.8, 4) is 11.8 Å². The van der Waals surface area contributed by atoms with Gasteiger partial charge in [0.25, 0.3) is 0 Å². The topological polar surface area (TPSA) is 171 Å². The number of nitrogens with zero attached hydrogens (tertiary/aromatic N) is 4. The van der Waals surface area contributed by atoms with Crippen LogP contribution in [0.4, 0.5) is 26.0 Å². The highest BCUT2D eigenvalue weighted by atomic mass is 32.2. The molecule has 0 saturated carbocycles. The van der Waals surface area contributed by atoms with Crippen LogP contribution in [0.15, 0.2) is 88.4 Å². The summed E-state index contributed by atoms with van der Waals surface area (Å²) in [5.74, 6) is 0.159. The number of hydrogen-bond acceptors (Lipinski definition) is 13. The molecule has 51 heavy (non-hydrogen) atoms. The lowest BCUT2D eigenvalue weighted by molar-refractivity contribution is -0.118. The largest absolute Gasteiger partial charge is 0.481 e. The average molecular weight is 746 g/mol. The van der Waals surface area contributed by atoms with Crippen molar-refractivity contribution in [3.05, 3.63) is 84.2 Å². The summed E-state index contributed by atoms with van der Waals surface area (Å²) in [6.45, 7) is 0. The number of para-hydroxylation sites is 1. The molecule has 8 rings (SSSR count). The molecule has 0 saturated heterocycles. The smallest absolute Gasteiger partial charge is 0.233 e. The number of amides is 1. The van der Waals surface area contributed by atoms with E-state index in [1.165, 1.54) is 29.8 Å². The maximum absolute atomic E-state index is 13.7. The highest BCUT2D eigenvalue weighted by Gasteiger charge is 2.32. The van der Waals surface area contributed by atoms with E-state index < -0.39 is 15.8 Å². The van der Waals surface area contributed by atoms with Gasteiger partial charge in [-0.05, 0) is 73.6 Å². The first kappa shape index (κ1) is 34.3. The zero-order valence-electron chi connectivity index (χ0n) is 27.4. The number of benzene rings is 2. The summed E-state index contributed by atoms with van der Waals surface area (Å²) in [5.41, 5.74) is 8.56. The van der Waals surface area contributed by atoms with Crippen LogP contribution in [0.1, 0.15) is 37.2 Å². The lowest BCUT2D eigenvalue weighted by Gasteiger charge is -2.26. The van der Waals surface area contributed by atoms with E-state index in [0.717, 1.165) is 10.3 Å². The molecule has 0 radical (unpaired) electrons. The maximum atomic E-state index is 13.7. The van der Waals surface area contributed by atoms with E-state index in [2.05, 4.69) is 30.6 Å². The predicted molar refractivity (Wildman–Crippen MR) is 196 cm³/mol. The molecule has 2 aliphatic rings. The number of carbonyl (C=O) groups excluding carboxylic acids is 1. The Labute approximate surface area is 300 Å². The van der Waals surface area contributed by atoms with Gasteiger partial charge in [0.1, 0.15) is 20.7 Å². The second kappa shape index (κ2) is 14.2. The minimum Gasteiger partial charge on any atom is -0.481 e. The van der Waals surface area contributed by atoms with Crippen molar-refractivity contribution < 1.29 is 27.1 Å². The molecule has 16 heteroatoms. The number of fused-ring (bicyclic) bond motifs is 4. The Hall–Kier alpha value is -5.19. The molecular weight excluding hydrogens is 714 g/mol. The molecular formula is C35H32FN7O5S3. The van der Waals surface area contributed by atoms with Crippen LogP contribution in [0.25, 0.3) is 20.7 Å². The monoisotopic (exact) mass is 745 g/mol. The first-order valence-electron chi connectivity index (χ1n) is 15.9. The summed E-state index contributed by atoms with van der Waals surface area (Å²) in [6.07, 6.45) is 3.61. The SMILES string of the molecule is COc1ccc2nc(N)sc2n1.COc1ccc2nc(NC(=O)C(CC3CC=C(F)CC3)c3ccc4c(c3)Nc3ccccc3S4(=O)=O)sc2n1. The Bertz CT molecular complexity index is 2410. The van der Waals surface area contributed by atoms with Gasteiger partial charge in [-0.15, -0.1) is 0 Å². The van der Waals surface area contributed by atoms with Gasteiger partial charge in [-0.3, -0.25) is 4.79 Å². The molecule has 5 heterocycles. The molecule has 0 bridgehead atoms. The third-order valence-electron chi connectivity index (χ3n) is 8.62. The second-order valence-corrected chi connectivity index (χ2v) is 15.7. The minimum absolute atomic E-state index is 0.106. The van der Waals surface area contributed by atoms with Crippen molar-refractivity contribution in [3.63, 3.8) is 0 Å². The lowest BCUT2D eigenvalue weighted by Crippen LogP contribution is -2.24. The number of sulfone groups is 1. The van der Waals surface area contributed by atoms with Crippen LogP contribution in [0, 0.1) is 5.92 Å². The molecule has 2 atom stereocenters.